The molecule has 0 radical (unpaired) electrons. The van der Waals surface area contributed by atoms with Crippen LogP contribution in [0.5, 0.6) is 5.88 Å². The number of ether oxygens (including phenoxy) is 2. The van der Waals surface area contributed by atoms with Crippen LogP contribution in [0.2, 0.25) is 0 Å². The van der Waals surface area contributed by atoms with Gasteiger partial charge in [-0.1, -0.05) is 0 Å². The maximum Gasteiger partial charge on any atom is 0.416 e. The fourth-order valence-corrected chi connectivity index (χ4v) is 5.18. The van der Waals surface area contributed by atoms with Crippen LogP contribution in [0, 0.1) is 0 Å². The molecule has 1 aliphatic heterocycles. The molecule has 0 spiro atoms. The van der Waals surface area contributed by atoms with Gasteiger partial charge in [0.2, 0.25) is 15.9 Å². The second-order valence-corrected chi connectivity index (χ2v) is 8.37. The third-order valence-corrected chi connectivity index (χ3v) is 6.68. The Labute approximate surface area is 156 Å². The van der Waals surface area contributed by atoms with Gasteiger partial charge in [-0.05, 0) is 17.5 Å². The third-order valence-electron chi connectivity index (χ3n) is 3.78. The van der Waals surface area contributed by atoms with E-state index in [1.54, 1.807) is 0 Å². The molecule has 0 bridgehead atoms. The molecule has 1 aliphatic rings. The zero-order valence-electron chi connectivity index (χ0n) is 13.8. The van der Waals surface area contributed by atoms with Crippen LogP contribution in [0.25, 0.3) is 0 Å². The van der Waals surface area contributed by atoms with Crippen LogP contribution in [0.3, 0.4) is 0 Å². The number of alkyl halides is 3. The van der Waals surface area contributed by atoms with Crippen molar-refractivity contribution in [2.75, 3.05) is 20.2 Å². The van der Waals surface area contributed by atoms with E-state index in [2.05, 4.69) is 9.72 Å². The molecule has 0 atom stereocenters. The number of thiophene rings is 1. The first kappa shape index (κ1) is 19.6. The minimum Gasteiger partial charge on any atom is -0.472 e. The summed E-state index contributed by atoms with van der Waals surface area (Å²) < 4.78 is 74.3. The fourth-order valence-electron chi connectivity index (χ4n) is 2.37. The lowest BCUT2D eigenvalue weighted by atomic mass is 10.2. The summed E-state index contributed by atoms with van der Waals surface area (Å²) in [4.78, 5) is 15.2. The van der Waals surface area contributed by atoms with Crippen molar-refractivity contribution in [1.29, 1.82) is 0 Å². The normalized spacial score (nSPS) is 16.0. The van der Waals surface area contributed by atoms with Gasteiger partial charge in [-0.3, -0.25) is 0 Å². The van der Waals surface area contributed by atoms with Crippen LogP contribution >= 0.6 is 11.3 Å². The molecular weight excluding hydrogens is 409 g/mol. The van der Waals surface area contributed by atoms with Crippen molar-refractivity contribution in [3.05, 3.63) is 40.2 Å². The van der Waals surface area contributed by atoms with Crippen LogP contribution in [0.1, 0.15) is 15.2 Å². The second kappa shape index (κ2) is 7.09. The van der Waals surface area contributed by atoms with Crippen molar-refractivity contribution in [2.24, 2.45) is 0 Å². The standard InChI is InChI=1S/C15H13F3N2O5S2/c1-24-14(21)13-11(3-5-26-13)27(22,23)20-7-10(8-20)25-12-6-9(2-4-19-12)15(16,17)18/h2-6,10H,7-8H2,1H3. The zero-order valence-corrected chi connectivity index (χ0v) is 15.4. The number of esters is 1. The molecule has 0 aliphatic carbocycles. The Morgan fingerprint density at radius 3 is 2.67 bits per heavy atom. The van der Waals surface area contributed by atoms with Gasteiger partial charge in [0.05, 0.1) is 25.8 Å². The molecule has 146 valence electrons. The molecule has 2 aromatic heterocycles. The number of carbonyl (C=O) groups is 1. The Bertz CT molecular complexity index is 952. The first-order valence-corrected chi connectivity index (χ1v) is 9.80. The van der Waals surface area contributed by atoms with Gasteiger partial charge >= 0.3 is 12.1 Å². The Kier molecular flexibility index (Phi) is 5.14. The molecule has 0 N–H and O–H groups in total. The maximum atomic E-state index is 12.7. The highest BCUT2D eigenvalue weighted by molar-refractivity contribution is 7.89. The molecule has 3 heterocycles. The molecule has 0 amide bonds. The highest BCUT2D eigenvalue weighted by atomic mass is 32.2. The molecular formula is C15H13F3N2O5S2. The minimum absolute atomic E-state index is 0.0404. The van der Waals surface area contributed by atoms with Gasteiger partial charge in [-0.25, -0.2) is 18.2 Å². The maximum absolute atomic E-state index is 12.7. The quantitative estimate of drug-likeness (QED) is 0.688. The highest BCUT2D eigenvalue weighted by Gasteiger charge is 2.41. The fraction of sp³-hybridized carbons (Fsp3) is 0.333. The zero-order chi connectivity index (χ0) is 19.8. The van der Waals surface area contributed by atoms with Gasteiger partial charge in [0, 0.05) is 12.3 Å². The van der Waals surface area contributed by atoms with Gasteiger partial charge in [-0.15, -0.1) is 11.3 Å². The SMILES string of the molecule is COC(=O)c1sccc1S(=O)(=O)N1CC(Oc2cc(C(F)(F)F)ccn2)C1. The average Bonchev–Trinajstić information content (AvgIpc) is 3.07. The molecule has 0 aromatic carbocycles. The van der Waals surface area contributed by atoms with Crippen molar-refractivity contribution >= 4 is 27.3 Å². The molecule has 7 nitrogen and oxygen atoms in total. The Morgan fingerprint density at radius 2 is 2.04 bits per heavy atom. The van der Waals surface area contributed by atoms with E-state index in [9.17, 15) is 26.4 Å². The van der Waals surface area contributed by atoms with E-state index in [4.69, 9.17) is 4.74 Å². The number of hydrogen-bond donors (Lipinski definition) is 0. The minimum atomic E-state index is -4.53. The van der Waals surface area contributed by atoms with E-state index >= 15 is 0 Å². The van der Waals surface area contributed by atoms with Crippen molar-refractivity contribution in [1.82, 2.24) is 9.29 Å². The van der Waals surface area contributed by atoms with Gasteiger partial charge in [-0.2, -0.15) is 17.5 Å². The highest BCUT2D eigenvalue weighted by Crippen LogP contribution is 2.32. The van der Waals surface area contributed by atoms with Gasteiger partial charge in [0.1, 0.15) is 15.9 Å². The third kappa shape index (κ3) is 3.92. The monoisotopic (exact) mass is 422 g/mol. The predicted molar refractivity (Wildman–Crippen MR) is 88.1 cm³/mol. The van der Waals surface area contributed by atoms with E-state index in [0.29, 0.717) is 0 Å². The smallest absolute Gasteiger partial charge is 0.416 e. The predicted octanol–water partition coefficient (Wildman–Crippen LogP) is 2.40. The average molecular weight is 422 g/mol. The molecule has 27 heavy (non-hydrogen) atoms. The number of pyridine rings is 1. The van der Waals surface area contributed by atoms with E-state index in [-0.39, 0.29) is 28.7 Å². The van der Waals surface area contributed by atoms with E-state index in [0.717, 1.165) is 41.1 Å². The van der Waals surface area contributed by atoms with Crippen molar-refractivity contribution in [2.45, 2.75) is 17.2 Å². The van der Waals surface area contributed by atoms with Crippen molar-refractivity contribution in [3.63, 3.8) is 0 Å². The first-order chi connectivity index (χ1) is 12.6. The largest absolute Gasteiger partial charge is 0.472 e. The topological polar surface area (TPSA) is 85.8 Å². The first-order valence-electron chi connectivity index (χ1n) is 7.49. The summed E-state index contributed by atoms with van der Waals surface area (Å²) in [6.45, 7) is -0.145. The number of rotatable bonds is 5. The summed E-state index contributed by atoms with van der Waals surface area (Å²) in [7, 11) is -2.79. The lowest BCUT2D eigenvalue weighted by molar-refractivity contribution is -0.137. The molecule has 3 rings (SSSR count). The van der Waals surface area contributed by atoms with E-state index in [1.165, 1.54) is 11.4 Å². The lowest BCUT2D eigenvalue weighted by Crippen LogP contribution is -2.56. The molecule has 2 aromatic rings. The Morgan fingerprint density at radius 1 is 1.33 bits per heavy atom. The number of nitrogens with zero attached hydrogens (tertiary/aromatic N) is 2. The number of halogens is 3. The van der Waals surface area contributed by atoms with Crippen molar-refractivity contribution < 1.29 is 35.9 Å². The molecule has 1 saturated heterocycles. The van der Waals surface area contributed by atoms with Crippen LogP contribution in [-0.4, -0.2) is 50.0 Å². The van der Waals surface area contributed by atoms with Gasteiger partial charge < -0.3 is 9.47 Å². The summed E-state index contributed by atoms with van der Waals surface area (Å²) in [5.74, 6) is -0.997. The summed E-state index contributed by atoms with van der Waals surface area (Å²) in [6, 6.07) is 2.87. The van der Waals surface area contributed by atoms with Crippen LogP contribution in [0.4, 0.5) is 13.2 Å². The molecule has 1 fully saturated rings. The van der Waals surface area contributed by atoms with Gasteiger partial charge in [0.15, 0.2) is 0 Å². The number of aromatic nitrogens is 1. The van der Waals surface area contributed by atoms with E-state index in [1.807, 2.05) is 0 Å². The molecule has 0 saturated carbocycles. The Balaban J connectivity index is 1.68. The summed E-state index contributed by atoms with van der Waals surface area (Å²) >= 11 is 0.940. The summed E-state index contributed by atoms with van der Waals surface area (Å²) in [5.41, 5.74) is -0.905. The number of hydrogen-bond acceptors (Lipinski definition) is 7. The molecule has 12 heteroatoms. The van der Waals surface area contributed by atoms with Crippen LogP contribution in [-0.2, 0) is 20.9 Å². The van der Waals surface area contributed by atoms with Gasteiger partial charge in [0.25, 0.3) is 0 Å². The lowest BCUT2D eigenvalue weighted by Gasteiger charge is -2.37. The number of sulfonamides is 1. The van der Waals surface area contributed by atoms with Crippen LogP contribution < -0.4 is 4.74 Å². The van der Waals surface area contributed by atoms with Crippen molar-refractivity contribution in [3.8, 4) is 5.88 Å². The number of carbonyl (C=O) groups excluding carboxylic acids is 1. The Hall–Kier alpha value is -2.18. The summed E-state index contributed by atoms with van der Waals surface area (Å²) in [5, 5.41) is 1.46. The van der Waals surface area contributed by atoms with Crippen LogP contribution in [0.15, 0.2) is 34.7 Å². The second-order valence-electron chi connectivity index (χ2n) is 5.55. The summed E-state index contributed by atoms with van der Waals surface area (Å²) in [6.07, 6.45) is -4.20. The number of methoxy groups -OCH3 is 1. The molecule has 0 unspecified atom stereocenters. The van der Waals surface area contributed by atoms with E-state index < -0.39 is 33.8 Å².